The van der Waals surface area contributed by atoms with Crippen LogP contribution in [-0.4, -0.2) is 36.6 Å². The third kappa shape index (κ3) is 3.00. The third-order valence-corrected chi connectivity index (χ3v) is 5.62. The average Bonchev–Trinajstić information content (AvgIpc) is 2.48. The first kappa shape index (κ1) is 18.2. The smallest absolute Gasteiger partial charge is 0.253 e. The molecule has 5 heteroatoms. The number of carbonyl (C=O) groups is 1. The second-order valence-corrected chi connectivity index (χ2v) is 6.60. The van der Waals surface area contributed by atoms with Gasteiger partial charge >= 0.3 is 0 Å². The summed E-state index contributed by atoms with van der Waals surface area (Å²) in [5.74, 6) is 0.106. The van der Waals surface area contributed by atoms with Gasteiger partial charge in [-0.15, -0.1) is 12.4 Å². The van der Waals surface area contributed by atoms with Crippen LogP contribution in [0.15, 0.2) is 24.3 Å². The molecule has 3 rings (SSSR count). The van der Waals surface area contributed by atoms with Crippen LogP contribution in [0.1, 0.15) is 48.5 Å². The number of amides is 1. The fourth-order valence-electron chi connectivity index (χ4n) is 4.07. The summed E-state index contributed by atoms with van der Waals surface area (Å²) in [6, 6.07) is 7.95. The Hall–Kier alpha value is -1.10. The van der Waals surface area contributed by atoms with Crippen LogP contribution < -0.4 is 5.73 Å². The Morgan fingerprint density at radius 1 is 1.35 bits per heavy atom. The lowest BCUT2D eigenvalue weighted by Gasteiger charge is -2.63. The van der Waals surface area contributed by atoms with Gasteiger partial charge in [0.2, 0.25) is 0 Å². The van der Waals surface area contributed by atoms with Gasteiger partial charge in [-0.2, -0.15) is 0 Å². The topological polar surface area (TPSA) is 55.6 Å². The van der Waals surface area contributed by atoms with Gasteiger partial charge in [-0.1, -0.05) is 18.6 Å². The molecular weight excluding hydrogens is 312 g/mol. The van der Waals surface area contributed by atoms with E-state index in [0.717, 1.165) is 24.2 Å². The van der Waals surface area contributed by atoms with E-state index in [1.54, 1.807) is 0 Å². The summed E-state index contributed by atoms with van der Waals surface area (Å²) >= 11 is 0. The number of nitrogens with zero attached hydrogens (tertiary/aromatic N) is 1. The Morgan fingerprint density at radius 2 is 2.00 bits per heavy atom. The molecular formula is C18H27ClN2O2. The van der Waals surface area contributed by atoms with Gasteiger partial charge in [0.1, 0.15) is 0 Å². The van der Waals surface area contributed by atoms with E-state index in [1.807, 2.05) is 43.1 Å². The maximum atomic E-state index is 12.7. The number of hydrogen-bond donors (Lipinski definition) is 1. The van der Waals surface area contributed by atoms with Gasteiger partial charge in [-0.3, -0.25) is 4.79 Å². The van der Waals surface area contributed by atoms with Crippen molar-refractivity contribution >= 4 is 18.3 Å². The van der Waals surface area contributed by atoms with Gasteiger partial charge in [0.25, 0.3) is 5.91 Å². The minimum absolute atomic E-state index is 0. The van der Waals surface area contributed by atoms with Crippen molar-refractivity contribution < 1.29 is 9.53 Å². The van der Waals surface area contributed by atoms with Gasteiger partial charge in [-0.25, -0.2) is 0 Å². The molecule has 2 aliphatic rings. The van der Waals surface area contributed by atoms with E-state index in [9.17, 15) is 4.79 Å². The highest BCUT2D eigenvalue weighted by atomic mass is 35.5. The maximum Gasteiger partial charge on any atom is 0.253 e. The highest BCUT2D eigenvalue weighted by Gasteiger charge is 2.60. The molecule has 1 aromatic carbocycles. The quantitative estimate of drug-likeness (QED) is 0.898. The lowest BCUT2D eigenvalue weighted by Crippen LogP contribution is -2.67. The van der Waals surface area contributed by atoms with Gasteiger partial charge in [0.05, 0.1) is 6.10 Å². The highest BCUT2D eigenvalue weighted by molar-refractivity contribution is 5.94. The third-order valence-electron chi connectivity index (χ3n) is 5.62. The molecule has 0 radical (unpaired) electrons. The van der Waals surface area contributed by atoms with Crippen molar-refractivity contribution in [2.45, 2.75) is 51.3 Å². The van der Waals surface area contributed by atoms with E-state index in [4.69, 9.17) is 10.5 Å². The Balaban J connectivity index is 0.00000192. The fraction of sp³-hybridized carbons (Fsp3) is 0.611. The van der Waals surface area contributed by atoms with Crippen LogP contribution in [0.3, 0.4) is 0 Å². The first-order chi connectivity index (χ1) is 10.6. The zero-order valence-electron chi connectivity index (χ0n) is 14.0. The Kier molecular flexibility index (Phi) is 5.71. The van der Waals surface area contributed by atoms with Crippen molar-refractivity contribution in [3.63, 3.8) is 0 Å². The second kappa shape index (κ2) is 7.20. The van der Waals surface area contributed by atoms with E-state index >= 15 is 0 Å². The van der Waals surface area contributed by atoms with Crippen LogP contribution in [0.4, 0.5) is 0 Å². The first-order valence-corrected chi connectivity index (χ1v) is 8.30. The van der Waals surface area contributed by atoms with Crippen molar-refractivity contribution in [3.05, 3.63) is 35.4 Å². The number of ether oxygens (including phenoxy) is 1. The van der Waals surface area contributed by atoms with E-state index in [0.29, 0.717) is 18.7 Å². The van der Waals surface area contributed by atoms with E-state index < -0.39 is 0 Å². The number of benzene rings is 1. The van der Waals surface area contributed by atoms with Crippen molar-refractivity contribution in [2.75, 3.05) is 13.7 Å². The summed E-state index contributed by atoms with van der Waals surface area (Å²) in [4.78, 5) is 14.7. The summed E-state index contributed by atoms with van der Waals surface area (Å²) in [5.41, 5.74) is 7.63. The SMILES string of the molecule is CCOC1CC(N(C)C(=O)c2ccc(CN)cc2)C12CCC2.Cl. The van der Waals surface area contributed by atoms with Crippen molar-refractivity contribution in [1.82, 2.24) is 4.90 Å². The van der Waals surface area contributed by atoms with Crippen molar-refractivity contribution in [1.29, 1.82) is 0 Å². The summed E-state index contributed by atoms with van der Waals surface area (Å²) < 4.78 is 5.88. The predicted octanol–water partition coefficient (Wildman–Crippen LogP) is 2.99. The van der Waals surface area contributed by atoms with Gasteiger partial charge in [-0.05, 0) is 43.9 Å². The Labute approximate surface area is 144 Å². The summed E-state index contributed by atoms with van der Waals surface area (Å²) in [5, 5.41) is 0. The molecule has 0 aliphatic heterocycles. The van der Waals surface area contributed by atoms with Gasteiger partial charge in [0, 0.05) is 37.2 Å². The van der Waals surface area contributed by atoms with Crippen LogP contribution in [0, 0.1) is 5.41 Å². The minimum atomic E-state index is 0. The van der Waals surface area contributed by atoms with Crippen molar-refractivity contribution in [2.24, 2.45) is 11.1 Å². The van der Waals surface area contributed by atoms with E-state index in [-0.39, 0.29) is 23.7 Å². The largest absolute Gasteiger partial charge is 0.378 e. The molecule has 2 aliphatic carbocycles. The minimum Gasteiger partial charge on any atom is -0.378 e. The molecule has 2 atom stereocenters. The predicted molar refractivity (Wildman–Crippen MR) is 93.8 cm³/mol. The molecule has 2 N–H and O–H groups in total. The number of hydrogen-bond acceptors (Lipinski definition) is 3. The standard InChI is InChI=1S/C18H26N2O2.ClH/c1-3-22-16-11-15(18(16)9-4-10-18)20(2)17(21)14-7-5-13(12-19)6-8-14;/h5-8,15-16H,3-4,9-12,19H2,1-2H3;1H. The monoisotopic (exact) mass is 338 g/mol. The second-order valence-electron chi connectivity index (χ2n) is 6.60. The fourth-order valence-corrected chi connectivity index (χ4v) is 4.07. The molecule has 0 aromatic heterocycles. The number of halogens is 1. The molecule has 2 unspecified atom stereocenters. The highest BCUT2D eigenvalue weighted by Crippen LogP contribution is 2.59. The summed E-state index contributed by atoms with van der Waals surface area (Å²) in [6.45, 7) is 3.32. The van der Waals surface area contributed by atoms with Crippen LogP contribution in [0.25, 0.3) is 0 Å². The normalized spacial score (nSPS) is 24.3. The molecule has 0 bridgehead atoms. The summed E-state index contributed by atoms with van der Waals surface area (Å²) in [6.07, 6.45) is 4.94. The molecule has 128 valence electrons. The van der Waals surface area contributed by atoms with E-state index in [1.165, 1.54) is 19.3 Å². The van der Waals surface area contributed by atoms with E-state index in [2.05, 4.69) is 0 Å². The van der Waals surface area contributed by atoms with Crippen LogP contribution in [0.5, 0.6) is 0 Å². The Morgan fingerprint density at radius 3 is 2.48 bits per heavy atom. The maximum absolute atomic E-state index is 12.7. The molecule has 2 saturated carbocycles. The van der Waals surface area contributed by atoms with Crippen molar-refractivity contribution in [3.8, 4) is 0 Å². The molecule has 2 fully saturated rings. The zero-order chi connectivity index (χ0) is 15.7. The van der Waals surface area contributed by atoms with Gasteiger partial charge < -0.3 is 15.4 Å². The first-order valence-electron chi connectivity index (χ1n) is 8.30. The Bertz CT molecular complexity index is 542. The van der Waals surface area contributed by atoms with Crippen LogP contribution in [0.2, 0.25) is 0 Å². The molecule has 1 aromatic rings. The number of nitrogens with two attached hydrogens (primary N) is 1. The molecule has 1 amide bonds. The van der Waals surface area contributed by atoms with Crippen LogP contribution in [-0.2, 0) is 11.3 Å². The average molecular weight is 339 g/mol. The van der Waals surface area contributed by atoms with Gasteiger partial charge in [0.15, 0.2) is 0 Å². The number of carbonyl (C=O) groups excluding carboxylic acids is 1. The van der Waals surface area contributed by atoms with Crippen LogP contribution >= 0.6 is 12.4 Å². The molecule has 4 nitrogen and oxygen atoms in total. The lowest BCUT2D eigenvalue weighted by molar-refractivity contribution is -0.192. The summed E-state index contributed by atoms with van der Waals surface area (Å²) in [7, 11) is 1.94. The lowest BCUT2D eigenvalue weighted by atomic mass is 9.50. The molecule has 0 saturated heterocycles. The molecule has 23 heavy (non-hydrogen) atoms. The number of rotatable bonds is 5. The molecule has 1 spiro atoms. The zero-order valence-corrected chi connectivity index (χ0v) is 14.8. The molecule has 0 heterocycles.